The van der Waals surface area contributed by atoms with Crippen LogP contribution in [0, 0.1) is 6.42 Å². The van der Waals surface area contributed by atoms with Gasteiger partial charge in [0.1, 0.15) is 0 Å². The summed E-state index contributed by atoms with van der Waals surface area (Å²) in [5.41, 5.74) is 1.31. The third-order valence-corrected chi connectivity index (χ3v) is 2.89. The molecule has 0 saturated carbocycles. The fraction of sp³-hybridized carbons (Fsp3) is 0.600. The van der Waals surface area contributed by atoms with Gasteiger partial charge in [-0.3, -0.25) is 4.98 Å². The van der Waals surface area contributed by atoms with E-state index in [9.17, 15) is 0 Å². The fourth-order valence-electron chi connectivity index (χ4n) is 1.87. The summed E-state index contributed by atoms with van der Waals surface area (Å²) >= 11 is 0. The molecule has 0 aliphatic heterocycles. The zero-order chi connectivity index (χ0) is 11.5. The van der Waals surface area contributed by atoms with Crippen LogP contribution in [0.25, 0.3) is 0 Å². The van der Waals surface area contributed by atoms with Gasteiger partial charge in [-0.15, -0.1) is 0 Å². The number of rotatable bonds is 9. The Morgan fingerprint density at radius 2 is 1.56 bits per heavy atom. The van der Waals surface area contributed by atoms with Crippen LogP contribution in [0.4, 0.5) is 0 Å². The van der Waals surface area contributed by atoms with Crippen LogP contribution >= 0.6 is 0 Å². The van der Waals surface area contributed by atoms with E-state index in [1.165, 1.54) is 56.9 Å². The molecule has 0 aromatic carbocycles. The lowest BCUT2D eigenvalue weighted by Gasteiger charge is -2.01. The average Bonchev–Trinajstić information content (AvgIpc) is 2.34. The maximum atomic E-state index is 4.01. The first kappa shape index (κ1) is 13.2. The van der Waals surface area contributed by atoms with E-state index in [1.807, 2.05) is 12.4 Å². The lowest BCUT2D eigenvalue weighted by Crippen LogP contribution is -1.84. The largest absolute Gasteiger partial charge is 0.265 e. The fourth-order valence-corrected chi connectivity index (χ4v) is 1.87. The number of unbranched alkanes of at least 4 members (excludes halogenated alkanes) is 7. The maximum absolute atomic E-state index is 4.01. The van der Waals surface area contributed by atoms with Gasteiger partial charge in [0.05, 0.1) is 0 Å². The molecule has 0 N–H and O–H groups in total. The Bertz CT molecular complexity index is 243. The van der Waals surface area contributed by atoms with Gasteiger partial charge in [-0.2, -0.15) is 0 Å². The van der Waals surface area contributed by atoms with Crippen LogP contribution in [0.15, 0.2) is 24.5 Å². The van der Waals surface area contributed by atoms with Crippen LogP contribution in [-0.2, 0) is 0 Å². The van der Waals surface area contributed by atoms with Gasteiger partial charge < -0.3 is 0 Å². The Hall–Kier alpha value is -0.850. The molecule has 16 heavy (non-hydrogen) atoms. The first-order valence-electron chi connectivity index (χ1n) is 6.66. The first-order valence-corrected chi connectivity index (χ1v) is 6.66. The molecule has 1 heterocycles. The van der Waals surface area contributed by atoms with Gasteiger partial charge in [0.15, 0.2) is 0 Å². The molecule has 1 aromatic heterocycles. The second-order valence-corrected chi connectivity index (χ2v) is 4.39. The lowest BCUT2D eigenvalue weighted by atomic mass is 10.0. The molecule has 0 unspecified atom stereocenters. The second kappa shape index (κ2) is 9.38. The highest BCUT2D eigenvalue weighted by Gasteiger charge is 1.94. The minimum Gasteiger partial charge on any atom is -0.265 e. The van der Waals surface area contributed by atoms with Gasteiger partial charge in [0.25, 0.3) is 0 Å². The number of nitrogens with zero attached hydrogens (tertiary/aromatic N) is 1. The van der Waals surface area contributed by atoms with Crippen molar-refractivity contribution in [1.82, 2.24) is 4.98 Å². The van der Waals surface area contributed by atoms with E-state index in [0.29, 0.717) is 0 Å². The second-order valence-electron chi connectivity index (χ2n) is 4.39. The van der Waals surface area contributed by atoms with Crippen LogP contribution in [0.1, 0.15) is 63.9 Å². The summed E-state index contributed by atoms with van der Waals surface area (Å²) in [6.07, 6.45) is 16.9. The number of aromatic nitrogens is 1. The van der Waals surface area contributed by atoms with E-state index in [2.05, 4.69) is 30.5 Å². The Morgan fingerprint density at radius 3 is 2.25 bits per heavy atom. The monoisotopic (exact) mass is 218 g/mol. The molecule has 0 aliphatic rings. The van der Waals surface area contributed by atoms with Gasteiger partial charge in [-0.25, -0.2) is 0 Å². The Morgan fingerprint density at radius 1 is 0.938 bits per heavy atom. The Labute approximate surface area is 100 Å². The maximum Gasteiger partial charge on any atom is 0.0270 e. The van der Waals surface area contributed by atoms with Gasteiger partial charge in [0, 0.05) is 12.4 Å². The molecule has 0 fully saturated rings. The van der Waals surface area contributed by atoms with E-state index in [4.69, 9.17) is 0 Å². The smallest absolute Gasteiger partial charge is 0.0270 e. The van der Waals surface area contributed by atoms with Crippen molar-refractivity contribution in [2.24, 2.45) is 0 Å². The summed E-state index contributed by atoms with van der Waals surface area (Å²) in [7, 11) is 0. The zero-order valence-electron chi connectivity index (χ0n) is 10.5. The topological polar surface area (TPSA) is 12.9 Å². The summed E-state index contributed by atoms with van der Waals surface area (Å²) in [6.45, 7) is 2.27. The van der Waals surface area contributed by atoms with Gasteiger partial charge in [0.2, 0.25) is 0 Å². The molecule has 1 heteroatoms. The molecule has 0 amide bonds. The third-order valence-electron chi connectivity index (χ3n) is 2.89. The first-order chi connectivity index (χ1) is 7.93. The molecule has 1 rings (SSSR count). The SMILES string of the molecule is CCCCCCCCC[CH]c1ccncc1. The molecule has 0 atom stereocenters. The van der Waals surface area contributed by atoms with Crippen LogP contribution in [-0.4, -0.2) is 4.98 Å². The van der Waals surface area contributed by atoms with Crippen molar-refractivity contribution in [2.75, 3.05) is 0 Å². The van der Waals surface area contributed by atoms with E-state index < -0.39 is 0 Å². The summed E-state index contributed by atoms with van der Waals surface area (Å²) in [5, 5.41) is 0. The number of hydrogen-bond donors (Lipinski definition) is 0. The number of pyridine rings is 1. The quantitative estimate of drug-likeness (QED) is 0.544. The molecule has 0 bridgehead atoms. The zero-order valence-corrected chi connectivity index (χ0v) is 10.5. The van der Waals surface area contributed by atoms with E-state index in [-0.39, 0.29) is 0 Å². The highest BCUT2D eigenvalue weighted by molar-refractivity contribution is 5.18. The van der Waals surface area contributed by atoms with Gasteiger partial charge >= 0.3 is 0 Å². The van der Waals surface area contributed by atoms with Crippen molar-refractivity contribution >= 4 is 0 Å². The molecule has 1 nitrogen and oxygen atoms in total. The van der Waals surface area contributed by atoms with Crippen molar-refractivity contribution in [3.63, 3.8) is 0 Å². The van der Waals surface area contributed by atoms with E-state index in [1.54, 1.807) is 0 Å². The Balaban J connectivity index is 1.89. The van der Waals surface area contributed by atoms with Gasteiger partial charge in [-0.1, -0.05) is 51.9 Å². The normalized spacial score (nSPS) is 10.6. The molecule has 0 spiro atoms. The molecule has 1 radical (unpaired) electrons. The lowest BCUT2D eigenvalue weighted by molar-refractivity contribution is 0.589. The molecular formula is C15H24N. The van der Waals surface area contributed by atoms with Crippen molar-refractivity contribution in [1.29, 1.82) is 0 Å². The summed E-state index contributed by atoms with van der Waals surface area (Å²) < 4.78 is 0. The minimum atomic E-state index is 1.21. The highest BCUT2D eigenvalue weighted by atomic mass is 14.6. The third kappa shape index (κ3) is 6.60. The standard InChI is InChI=1S/C15H24N/c1-2-3-4-5-6-7-8-9-10-15-11-13-16-14-12-15/h10-14H,2-9H2,1H3. The predicted octanol–water partition coefficient (Wildman–Crippen LogP) is 4.77. The summed E-state index contributed by atoms with van der Waals surface area (Å²) in [5.74, 6) is 0. The molecule has 0 aliphatic carbocycles. The van der Waals surface area contributed by atoms with Crippen molar-refractivity contribution in [3.05, 3.63) is 36.5 Å². The Kier molecular flexibility index (Phi) is 7.75. The summed E-state index contributed by atoms with van der Waals surface area (Å²) in [6, 6.07) is 4.14. The molecule has 89 valence electrons. The van der Waals surface area contributed by atoms with Gasteiger partial charge in [-0.05, 0) is 30.5 Å². The average molecular weight is 218 g/mol. The molecule has 1 aromatic rings. The molecular weight excluding hydrogens is 194 g/mol. The predicted molar refractivity (Wildman–Crippen MR) is 70.2 cm³/mol. The summed E-state index contributed by atoms with van der Waals surface area (Å²) in [4.78, 5) is 4.01. The highest BCUT2D eigenvalue weighted by Crippen LogP contribution is 2.11. The van der Waals surface area contributed by atoms with Crippen LogP contribution in [0.5, 0.6) is 0 Å². The van der Waals surface area contributed by atoms with E-state index in [0.717, 1.165) is 0 Å². The van der Waals surface area contributed by atoms with Crippen LogP contribution in [0.2, 0.25) is 0 Å². The minimum absolute atomic E-state index is 1.21. The van der Waals surface area contributed by atoms with E-state index >= 15 is 0 Å². The van der Waals surface area contributed by atoms with Crippen LogP contribution in [0.3, 0.4) is 0 Å². The number of hydrogen-bond acceptors (Lipinski definition) is 1. The van der Waals surface area contributed by atoms with Crippen molar-refractivity contribution in [2.45, 2.75) is 58.3 Å². The van der Waals surface area contributed by atoms with Crippen molar-refractivity contribution < 1.29 is 0 Å². The van der Waals surface area contributed by atoms with Crippen LogP contribution < -0.4 is 0 Å². The molecule has 0 saturated heterocycles. The van der Waals surface area contributed by atoms with Crippen molar-refractivity contribution in [3.8, 4) is 0 Å².